The van der Waals surface area contributed by atoms with E-state index in [-0.39, 0.29) is 12.5 Å². The molecule has 20 heavy (non-hydrogen) atoms. The number of aliphatic hydroxyl groups is 1. The Morgan fingerprint density at radius 1 is 1.05 bits per heavy atom. The summed E-state index contributed by atoms with van der Waals surface area (Å²) in [5.41, 5.74) is 2.07. The average Bonchev–Trinajstić information content (AvgIpc) is 2.44. The van der Waals surface area contributed by atoms with Crippen LogP contribution in [0.4, 0.5) is 0 Å². The molecule has 0 atom stereocenters. The molecule has 5 heteroatoms. The lowest BCUT2D eigenvalue weighted by molar-refractivity contribution is 0.0950. The van der Waals surface area contributed by atoms with Gasteiger partial charge in [-0.1, -0.05) is 47.5 Å². The molecule has 0 spiro atoms. The number of hydrogen-bond donors (Lipinski definition) is 2. The van der Waals surface area contributed by atoms with E-state index in [1.165, 1.54) is 0 Å². The van der Waals surface area contributed by atoms with Crippen LogP contribution >= 0.6 is 23.2 Å². The minimum absolute atomic E-state index is 0.0605. The molecule has 0 heterocycles. The number of aliphatic hydroxyl groups excluding tert-OH is 1. The van der Waals surface area contributed by atoms with Gasteiger partial charge in [-0.15, -0.1) is 0 Å². The summed E-state index contributed by atoms with van der Waals surface area (Å²) in [5.74, 6) is -0.262. The summed E-state index contributed by atoms with van der Waals surface area (Å²) >= 11 is 11.7. The van der Waals surface area contributed by atoms with Crippen molar-refractivity contribution in [3.63, 3.8) is 0 Å². The number of carbonyl (C=O) groups is 1. The molecule has 0 unspecified atom stereocenters. The first-order chi connectivity index (χ1) is 9.60. The highest BCUT2D eigenvalue weighted by atomic mass is 35.5. The molecule has 0 aliphatic heterocycles. The molecular weight excluding hydrogens is 297 g/mol. The maximum atomic E-state index is 12.0. The van der Waals surface area contributed by atoms with Gasteiger partial charge in [-0.25, -0.2) is 0 Å². The third-order valence-electron chi connectivity index (χ3n) is 2.85. The molecule has 0 fully saturated rings. The molecule has 0 radical (unpaired) electrons. The second-order valence-corrected chi connectivity index (χ2v) is 5.14. The fourth-order valence-electron chi connectivity index (χ4n) is 1.85. The van der Waals surface area contributed by atoms with Gasteiger partial charge in [0.05, 0.1) is 6.61 Å². The van der Waals surface area contributed by atoms with E-state index in [2.05, 4.69) is 5.32 Å². The second kappa shape index (κ2) is 6.75. The van der Waals surface area contributed by atoms with Gasteiger partial charge in [-0.2, -0.15) is 0 Å². The van der Waals surface area contributed by atoms with Crippen molar-refractivity contribution in [2.75, 3.05) is 0 Å². The van der Waals surface area contributed by atoms with Crippen molar-refractivity contribution in [3.8, 4) is 0 Å². The lowest BCUT2D eigenvalue weighted by Gasteiger charge is -2.09. The zero-order valence-electron chi connectivity index (χ0n) is 10.6. The van der Waals surface area contributed by atoms with Crippen molar-refractivity contribution in [2.24, 2.45) is 0 Å². The van der Waals surface area contributed by atoms with Gasteiger partial charge >= 0.3 is 0 Å². The third kappa shape index (κ3) is 3.73. The molecule has 2 aromatic rings. The van der Waals surface area contributed by atoms with E-state index in [4.69, 9.17) is 23.2 Å². The Morgan fingerprint density at radius 3 is 2.25 bits per heavy atom. The van der Waals surface area contributed by atoms with Crippen LogP contribution in [-0.4, -0.2) is 11.0 Å². The van der Waals surface area contributed by atoms with Crippen molar-refractivity contribution in [1.29, 1.82) is 0 Å². The monoisotopic (exact) mass is 309 g/mol. The third-order valence-corrected chi connectivity index (χ3v) is 3.29. The van der Waals surface area contributed by atoms with Crippen LogP contribution in [0.2, 0.25) is 10.0 Å². The van der Waals surface area contributed by atoms with E-state index in [1.807, 2.05) is 24.3 Å². The molecule has 0 saturated carbocycles. The number of benzene rings is 2. The minimum Gasteiger partial charge on any atom is -0.392 e. The van der Waals surface area contributed by atoms with Crippen molar-refractivity contribution in [1.82, 2.24) is 5.32 Å². The van der Waals surface area contributed by atoms with E-state index in [9.17, 15) is 9.90 Å². The van der Waals surface area contributed by atoms with Crippen LogP contribution in [0.1, 0.15) is 21.5 Å². The minimum atomic E-state index is -0.262. The molecule has 0 aliphatic rings. The normalized spacial score (nSPS) is 10.3. The maximum absolute atomic E-state index is 12.0. The number of rotatable bonds is 4. The fourth-order valence-corrected chi connectivity index (χ4v) is 2.37. The van der Waals surface area contributed by atoms with E-state index < -0.39 is 0 Å². The van der Waals surface area contributed by atoms with Gasteiger partial charge in [0.25, 0.3) is 5.91 Å². The lowest BCUT2D eigenvalue weighted by Crippen LogP contribution is -2.23. The molecule has 0 saturated heterocycles. The number of amides is 1. The Morgan fingerprint density at radius 2 is 1.65 bits per heavy atom. The molecule has 2 rings (SSSR count). The van der Waals surface area contributed by atoms with Crippen LogP contribution in [0.5, 0.6) is 0 Å². The van der Waals surface area contributed by atoms with E-state index >= 15 is 0 Å². The van der Waals surface area contributed by atoms with Crippen LogP contribution in [-0.2, 0) is 13.2 Å². The van der Waals surface area contributed by atoms with E-state index in [0.717, 1.165) is 11.1 Å². The predicted molar refractivity (Wildman–Crippen MR) is 80.0 cm³/mol. The highest BCUT2D eigenvalue weighted by Crippen LogP contribution is 2.19. The summed E-state index contributed by atoms with van der Waals surface area (Å²) in [6, 6.07) is 12.1. The second-order valence-electron chi connectivity index (χ2n) is 4.27. The predicted octanol–water partition coefficient (Wildman–Crippen LogP) is 3.42. The highest BCUT2D eigenvalue weighted by Gasteiger charge is 2.08. The molecular formula is C15H13Cl2NO2. The summed E-state index contributed by atoms with van der Waals surface area (Å²) in [7, 11) is 0. The average molecular weight is 310 g/mol. The molecule has 3 nitrogen and oxygen atoms in total. The van der Waals surface area contributed by atoms with Crippen LogP contribution in [0, 0.1) is 0 Å². The number of hydrogen-bond acceptors (Lipinski definition) is 2. The van der Waals surface area contributed by atoms with E-state index in [0.29, 0.717) is 22.2 Å². The molecule has 2 aromatic carbocycles. The maximum Gasteiger partial charge on any atom is 0.251 e. The van der Waals surface area contributed by atoms with Gasteiger partial charge in [0.1, 0.15) is 0 Å². The van der Waals surface area contributed by atoms with E-state index in [1.54, 1.807) is 18.2 Å². The molecule has 0 aliphatic carbocycles. The van der Waals surface area contributed by atoms with Crippen molar-refractivity contribution in [2.45, 2.75) is 13.2 Å². The molecule has 0 bridgehead atoms. The van der Waals surface area contributed by atoms with Gasteiger partial charge in [-0.05, 0) is 29.3 Å². The highest BCUT2D eigenvalue weighted by molar-refractivity contribution is 6.35. The number of carbonyl (C=O) groups excluding carboxylic acids is 1. The first kappa shape index (κ1) is 14.9. The van der Waals surface area contributed by atoms with Gasteiger partial charge in [-0.3, -0.25) is 4.79 Å². The van der Waals surface area contributed by atoms with Crippen molar-refractivity contribution < 1.29 is 9.90 Å². The van der Waals surface area contributed by atoms with Crippen LogP contribution in [0.3, 0.4) is 0 Å². The molecule has 1 amide bonds. The summed E-state index contributed by atoms with van der Waals surface area (Å²) < 4.78 is 0. The summed E-state index contributed by atoms with van der Waals surface area (Å²) in [4.78, 5) is 12.0. The molecule has 104 valence electrons. The zero-order valence-corrected chi connectivity index (χ0v) is 12.1. The molecule has 0 aromatic heterocycles. The summed E-state index contributed by atoms with van der Waals surface area (Å²) in [6.07, 6.45) is 0. The number of halogens is 2. The Bertz CT molecular complexity index is 609. The standard InChI is InChI=1S/C15H13Cl2NO2/c16-13-5-12(6-14(17)7-13)15(20)18-8-10-3-1-2-4-11(10)9-19/h1-7,19H,8-9H2,(H,18,20). The topological polar surface area (TPSA) is 49.3 Å². The summed E-state index contributed by atoms with van der Waals surface area (Å²) in [6.45, 7) is 0.273. The Kier molecular flexibility index (Phi) is 5.01. The van der Waals surface area contributed by atoms with Gasteiger partial charge in [0.15, 0.2) is 0 Å². The number of nitrogens with one attached hydrogen (secondary N) is 1. The smallest absolute Gasteiger partial charge is 0.251 e. The van der Waals surface area contributed by atoms with Gasteiger partial charge < -0.3 is 10.4 Å². The Balaban J connectivity index is 2.08. The Hall–Kier alpha value is -1.55. The summed E-state index contributed by atoms with van der Waals surface area (Å²) in [5, 5.41) is 12.8. The van der Waals surface area contributed by atoms with Gasteiger partial charge in [0.2, 0.25) is 0 Å². The van der Waals surface area contributed by atoms with Crippen LogP contribution in [0.25, 0.3) is 0 Å². The first-order valence-electron chi connectivity index (χ1n) is 6.02. The van der Waals surface area contributed by atoms with Crippen molar-refractivity contribution in [3.05, 3.63) is 69.2 Å². The van der Waals surface area contributed by atoms with Crippen LogP contribution < -0.4 is 5.32 Å². The quantitative estimate of drug-likeness (QED) is 0.909. The van der Waals surface area contributed by atoms with Crippen molar-refractivity contribution >= 4 is 29.1 Å². The first-order valence-corrected chi connectivity index (χ1v) is 6.77. The largest absolute Gasteiger partial charge is 0.392 e. The van der Waals surface area contributed by atoms with Gasteiger partial charge in [0, 0.05) is 22.2 Å². The SMILES string of the molecule is O=C(NCc1ccccc1CO)c1cc(Cl)cc(Cl)c1. The fraction of sp³-hybridized carbons (Fsp3) is 0.133. The van der Waals surface area contributed by atoms with Crippen LogP contribution in [0.15, 0.2) is 42.5 Å². The zero-order chi connectivity index (χ0) is 14.5. The lowest BCUT2D eigenvalue weighted by atomic mass is 10.1. The Labute approximate surface area is 127 Å². The molecule has 2 N–H and O–H groups in total.